The van der Waals surface area contributed by atoms with Crippen LogP contribution in [0.4, 0.5) is 5.69 Å². The Morgan fingerprint density at radius 2 is 1.75 bits per heavy atom. The summed E-state index contributed by atoms with van der Waals surface area (Å²) in [6, 6.07) is 11.7. The molecule has 0 bridgehead atoms. The monoisotopic (exact) mass is 439 g/mol. The number of benzene rings is 2. The molecule has 2 rings (SSSR count). The van der Waals surface area contributed by atoms with Crippen LogP contribution in [0.5, 0.6) is 11.5 Å². The number of Topliss-reactive ketones (excluding diaryl/α,β-unsaturated/α-hetero) is 1. The minimum absolute atomic E-state index is 0.0788. The highest BCUT2D eigenvalue weighted by Gasteiger charge is 2.10. The van der Waals surface area contributed by atoms with E-state index in [2.05, 4.69) is 5.32 Å². The van der Waals surface area contributed by atoms with Gasteiger partial charge in [-0.15, -0.1) is 0 Å². The van der Waals surface area contributed by atoms with E-state index in [9.17, 15) is 14.4 Å². The maximum Gasteiger partial charge on any atom is 0.331 e. The molecular formula is C25H29NO6. The number of methoxy groups -OCH3 is 1. The molecule has 0 heterocycles. The van der Waals surface area contributed by atoms with Gasteiger partial charge < -0.3 is 19.5 Å². The summed E-state index contributed by atoms with van der Waals surface area (Å²) in [5.41, 5.74) is 1.72. The summed E-state index contributed by atoms with van der Waals surface area (Å²) in [4.78, 5) is 36.1. The topological polar surface area (TPSA) is 90.9 Å². The lowest BCUT2D eigenvalue weighted by molar-refractivity contribution is -0.136. The van der Waals surface area contributed by atoms with Crippen molar-refractivity contribution in [2.24, 2.45) is 5.92 Å². The number of ketones is 1. The van der Waals surface area contributed by atoms with E-state index in [4.69, 9.17) is 14.2 Å². The van der Waals surface area contributed by atoms with Gasteiger partial charge in [-0.3, -0.25) is 9.59 Å². The summed E-state index contributed by atoms with van der Waals surface area (Å²) in [6.45, 7) is 5.95. The number of esters is 1. The number of hydrogen-bond donors (Lipinski definition) is 1. The summed E-state index contributed by atoms with van der Waals surface area (Å²) in [7, 11) is 1.54. The Kier molecular flexibility index (Phi) is 9.47. The molecule has 0 aliphatic carbocycles. The number of anilines is 1. The zero-order chi connectivity index (χ0) is 23.5. The molecule has 0 unspecified atom stereocenters. The fourth-order valence-corrected chi connectivity index (χ4v) is 2.82. The first kappa shape index (κ1) is 24.7. The van der Waals surface area contributed by atoms with Gasteiger partial charge in [-0.2, -0.15) is 0 Å². The highest BCUT2D eigenvalue weighted by Crippen LogP contribution is 2.28. The highest BCUT2D eigenvalue weighted by molar-refractivity contribution is 5.99. The Bertz CT molecular complexity index is 963. The van der Waals surface area contributed by atoms with Crippen LogP contribution < -0.4 is 14.8 Å². The molecule has 0 aromatic heterocycles. The van der Waals surface area contributed by atoms with Crippen molar-refractivity contribution >= 4 is 29.4 Å². The lowest BCUT2D eigenvalue weighted by Gasteiger charge is -2.09. The maximum absolute atomic E-state index is 12.3. The molecule has 7 nitrogen and oxygen atoms in total. The smallest absolute Gasteiger partial charge is 0.331 e. The lowest BCUT2D eigenvalue weighted by atomic mass is 10.1. The van der Waals surface area contributed by atoms with Gasteiger partial charge in [0.1, 0.15) is 0 Å². The molecule has 170 valence electrons. The first-order valence-electron chi connectivity index (χ1n) is 10.4. The van der Waals surface area contributed by atoms with Gasteiger partial charge in [-0.25, -0.2) is 4.79 Å². The van der Waals surface area contributed by atoms with Gasteiger partial charge in [0.05, 0.1) is 13.7 Å². The molecule has 0 spiro atoms. The number of rotatable bonds is 11. The largest absolute Gasteiger partial charge is 0.493 e. The quantitative estimate of drug-likeness (QED) is 0.315. The lowest BCUT2D eigenvalue weighted by Crippen LogP contribution is -2.14. The second kappa shape index (κ2) is 12.3. The van der Waals surface area contributed by atoms with Crippen LogP contribution in [0.25, 0.3) is 6.08 Å². The Labute approximate surface area is 188 Å². The number of carbonyl (C=O) groups is 3. The summed E-state index contributed by atoms with van der Waals surface area (Å²) in [6.07, 6.45) is 3.24. The van der Waals surface area contributed by atoms with Crippen LogP contribution >= 0.6 is 0 Å². The van der Waals surface area contributed by atoms with Crippen molar-refractivity contribution in [1.82, 2.24) is 0 Å². The minimum Gasteiger partial charge on any atom is -0.493 e. The molecule has 0 aliphatic rings. The molecule has 0 atom stereocenters. The normalized spacial score (nSPS) is 10.8. The van der Waals surface area contributed by atoms with Gasteiger partial charge in [0.25, 0.3) is 0 Å². The van der Waals surface area contributed by atoms with E-state index in [0.29, 0.717) is 35.8 Å². The predicted octanol–water partition coefficient (Wildman–Crippen LogP) is 4.52. The maximum atomic E-state index is 12.3. The van der Waals surface area contributed by atoms with Crippen LogP contribution in [0.15, 0.2) is 48.5 Å². The van der Waals surface area contributed by atoms with Crippen LogP contribution in [-0.4, -0.2) is 38.0 Å². The van der Waals surface area contributed by atoms with Crippen LogP contribution in [0, 0.1) is 5.92 Å². The second-order valence-electron chi connectivity index (χ2n) is 7.43. The summed E-state index contributed by atoms with van der Waals surface area (Å²) < 4.78 is 15.8. The van der Waals surface area contributed by atoms with Crippen molar-refractivity contribution in [3.8, 4) is 11.5 Å². The third-order valence-electron chi connectivity index (χ3n) is 4.33. The summed E-state index contributed by atoms with van der Waals surface area (Å²) in [5.74, 6) is 0.381. The molecule has 0 fully saturated rings. The molecule has 2 aromatic carbocycles. The van der Waals surface area contributed by atoms with Gasteiger partial charge in [0.2, 0.25) is 5.91 Å². The third kappa shape index (κ3) is 7.91. The summed E-state index contributed by atoms with van der Waals surface area (Å²) >= 11 is 0. The number of amides is 1. The van der Waals surface area contributed by atoms with E-state index in [1.54, 1.807) is 48.5 Å². The first-order valence-corrected chi connectivity index (χ1v) is 10.4. The average Bonchev–Trinajstić information content (AvgIpc) is 2.76. The Morgan fingerprint density at radius 1 is 1.03 bits per heavy atom. The molecule has 32 heavy (non-hydrogen) atoms. The molecule has 0 saturated heterocycles. The van der Waals surface area contributed by atoms with E-state index in [-0.39, 0.29) is 24.2 Å². The minimum atomic E-state index is -0.635. The molecule has 0 radical (unpaired) electrons. The van der Waals surface area contributed by atoms with E-state index < -0.39 is 5.97 Å². The van der Waals surface area contributed by atoms with Crippen molar-refractivity contribution in [1.29, 1.82) is 0 Å². The van der Waals surface area contributed by atoms with Gasteiger partial charge in [0.15, 0.2) is 23.9 Å². The fourth-order valence-electron chi connectivity index (χ4n) is 2.82. The van der Waals surface area contributed by atoms with E-state index in [1.807, 2.05) is 20.8 Å². The average molecular weight is 440 g/mol. The summed E-state index contributed by atoms with van der Waals surface area (Å²) in [5, 5.41) is 2.78. The van der Waals surface area contributed by atoms with Crippen molar-refractivity contribution in [3.05, 3.63) is 59.7 Å². The molecule has 0 aliphatic heterocycles. The number of nitrogens with one attached hydrogen (secondary N) is 1. The van der Waals surface area contributed by atoms with Crippen LogP contribution in [0.2, 0.25) is 0 Å². The third-order valence-corrected chi connectivity index (χ3v) is 4.33. The molecule has 0 saturated carbocycles. The van der Waals surface area contributed by atoms with E-state index >= 15 is 0 Å². The van der Waals surface area contributed by atoms with Gasteiger partial charge >= 0.3 is 5.97 Å². The van der Waals surface area contributed by atoms with E-state index in [1.165, 1.54) is 13.2 Å². The van der Waals surface area contributed by atoms with Gasteiger partial charge in [0, 0.05) is 23.7 Å². The molecule has 1 N–H and O–H groups in total. The van der Waals surface area contributed by atoms with Crippen molar-refractivity contribution in [2.75, 3.05) is 25.6 Å². The van der Waals surface area contributed by atoms with E-state index in [0.717, 1.165) is 5.56 Å². The van der Waals surface area contributed by atoms with Crippen LogP contribution in [0.1, 0.15) is 43.1 Å². The van der Waals surface area contributed by atoms with Gasteiger partial charge in [-0.1, -0.05) is 19.9 Å². The molecular weight excluding hydrogens is 410 g/mol. The molecule has 2 aromatic rings. The fraction of sp³-hybridized carbons (Fsp3) is 0.320. The number of hydrogen-bond acceptors (Lipinski definition) is 6. The Balaban J connectivity index is 1.87. The number of ether oxygens (including phenoxy) is 3. The van der Waals surface area contributed by atoms with Crippen molar-refractivity contribution in [3.63, 3.8) is 0 Å². The van der Waals surface area contributed by atoms with Crippen LogP contribution in [0.3, 0.4) is 0 Å². The van der Waals surface area contributed by atoms with Crippen LogP contribution in [-0.2, 0) is 14.3 Å². The first-order chi connectivity index (χ1) is 15.3. The van der Waals surface area contributed by atoms with Crippen molar-refractivity contribution in [2.45, 2.75) is 27.2 Å². The Hall–Kier alpha value is -3.61. The predicted molar refractivity (Wildman–Crippen MR) is 123 cm³/mol. The number of carbonyl (C=O) groups excluding carboxylic acids is 3. The van der Waals surface area contributed by atoms with Gasteiger partial charge in [-0.05, 0) is 60.9 Å². The second-order valence-corrected chi connectivity index (χ2v) is 7.43. The SMILES string of the molecule is CCOc1ccc(C=CC(=O)OCC(=O)c2ccc(NC(=O)CC(C)C)cc2)cc1OC. The molecule has 1 amide bonds. The zero-order valence-corrected chi connectivity index (χ0v) is 18.8. The zero-order valence-electron chi connectivity index (χ0n) is 18.8. The molecule has 7 heteroatoms. The standard InChI is InChI=1S/C25H29NO6/c1-5-31-22-12-6-18(15-23(22)30-4)7-13-25(29)32-16-21(27)19-8-10-20(11-9-19)26-24(28)14-17(2)3/h6-13,15,17H,5,14,16H2,1-4H3,(H,26,28). The van der Waals surface area contributed by atoms with Crippen molar-refractivity contribution < 1.29 is 28.6 Å². The highest BCUT2D eigenvalue weighted by atomic mass is 16.5. The Morgan fingerprint density at radius 3 is 2.38 bits per heavy atom.